The van der Waals surface area contributed by atoms with E-state index < -0.39 is 12.0 Å². The molecule has 3 rings (SSSR count). The molecule has 0 aliphatic carbocycles. The topological polar surface area (TPSA) is 115 Å². The van der Waals surface area contributed by atoms with E-state index >= 15 is 0 Å². The maximum atomic E-state index is 12.5. The first-order valence-electron chi connectivity index (χ1n) is 8.85. The minimum absolute atomic E-state index is 0.161. The molecule has 3 aromatic rings. The number of carbonyl (C=O) groups is 2. The van der Waals surface area contributed by atoms with E-state index in [9.17, 15) is 9.59 Å². The molecule has 0 aliphatic heterocycles. The highest BCUT2D eigenvalue weighted by molar-refractivity contribution is 5.97. The lowest BCUT2D eigenvalue weighted by molar-refractivity contribution is -0.119. The van der Waals surface area contributed by atoms with Gasteiger partial charge in [-0.15, -0.1) is 0 Å². The van der Waals surface area contributed by atoms with Gasteiger partial charge in [-0.25, -0.2) is 9.67 Å². The zero-order valence-corrected chi connectivity index (χ0v) is 16.1. The van der Waals surface area contributed by atoms with Crippen molar-refractivity contribution in [3.05, 3.63) is 53.9 Å². The number of rotatable bonds is 6. The Morgan fingerprint density at radius 2 is 1.64 bits per heavy atom. The van der Waals surface area contributed by atoms with Gasteiger partial charge in [-0.2, -0.15) is 5.10 Å². The normalized spacial score (nSPS) is 13.0. The lowest BCUT2D eigenvalue weighted by atomic mass is 9.98. The average molecular weight is 382 g/mol. The minimum atomic E-state index is -0.488. The van der Waals surface area contributed by atoms with Crippen molar-refractivity contribution in [1.82, 2.24) is 19.9 Å². The second kappa shape index (κ2) is 8.03. The molecule has 0 saturated heterocycles. The monoisotopic (exact) mass is 382 g/mol. The largest absolute Gasteiger partial charge is 0.361 e. The molecule has 0 fully saturated rings. The van der Waals surface area contributed by atoms with Crippen molar-refractivity contribution < 1.29 is 14.1 Å². The predicted molar refractivity (Wildman–Crippen MR) is 103 cm³/mol. The van der Waals surface area contributed by atoms with Gasteiger partial charge < -0.3 is 15.2 Å². The predicted octanol–water partition coefficient (Wildman–Crippen LogP) is 2.82. The van der Waals surface area contributed by atoms with Gasteiger partial charge in [0.25, 0.3) is 0 Å². The van der Waals surface area contributed by atoms with Gasteiger partial charge in [0.1, 0.15) is 24.5 Å². The van der Waals surface area contributed by atoms with E-state index in [-0.39, 0.29) is 11.8 Å². The number of amides is 2. The van der Waals surface area contributed by atoms with Crippen molar-refractivity contribution in [2.24, 2.45) is 0 Å². The van der Waals surface area contributed by atoms with E-state index in [1.54, 1.807) is 38.1 Å². The third kappa shape index (κ3) is 4.08. The number of hydrogen-bond donors (Lipinski definition) is 2. The highest BCUT2D eigenvalue weighted by Crippen LogP contribution is 2.25. The molecule has 2 N–H and O–H groups in total. The van der Waals surface area contributed by atoms with Gasteiger partial charge in [0.2, 0.25) is 11.8 Å². The summed E-state index contributed by atoms with van der Waals surface area (Å²) in [6.45, 7) is 7.14. The molecule has 0 radical (unpaired) electrons. The lowest BCUT2D eigenvalue weighted by Gasteiger charge is -2.14. The van der Waals surface area contributed by atoms with Crippen molar-refractivity contribution >= 4 is 23.2 Å². The molecule has 9 heteroatoms. The number of benzene rings is 1. The van der Waals surface area contributed by atoms with Crippen LogP contribution in [0.15, 0.2) is 41.4 Å². The Morgan fingerprint density at radius 1 is 1.04 bits per heavy atom. The molecule has 2 amide bonds. The standard InChI is InChI=1S/C19H22N6O3/c1-11(17-12(2)24-28-14(17)4)18(26)22-15-5-7-16(8-6-15)23-19(27)13(3)25-10-20-9-21-25/h5-11,13H,1-4H3,(H,22,26)(H,23,27). The van der Waals surface area contributed by atoms with Crippen LogP contribution in [0, 0.1) is 13.8 Å². The molecule has 2 unspecified atom stereocenters. The molecule has 2 heterocycles. The summed E-state index contributed by atoms with van der Waals surface area (Å²) in [6.07, 6.45) is 2.87. The SMILES string of the molecule is Cc1noc(C)c1C(C)C(=O)Nc1ccc(NC(=O)C(C)n2cncn2)cc1. The van der Waals surface area contributed by atoms with Gasteiger partial charge in [-0.05, 0) is 52.0 Å². The first-order valence-corrected chi connectivity index (χ1v) is 8.85. The number of aromatic nitrogens is 4. The van der Waals surface area contributed by atoms with Gasteiger partial charge in [0, 0.05) is 16.9 Å². The van der Waals surface area contributed by atoms with Crippen LogP contribution < -0.4 is 10.6 Å². The van der Waals surface area contributed by atoms with Crippen molar-refractivity contribution in [3.63, 3.8) is 0 Å². The van der Waals surface area contributed by atoms with E-state index in [2.05, 4.69) is 25.9 Å². The molecule has 0 spiro atoms. The van der Waals surface area contributed by atoms with Gasteiger partial charge in [0.05, 0.1) is 11.6 Å². The third-order valence-corrected chi connectivity index (χ3v) is 4.55. The Hall–Kier alpha value is -3.49. The van der Waals surface area contributed by atoms with Gasteiger partial charge in [0.15, 0.2) is 0 Å². The van der Waals surface area contributed by atoms with Crippen LogP contribution in [0.3, 0.4) is 0 Å². The van der Waals surface area contributed by atoms with Crippen LogP contribution in [0.5, 0.6) is 0 Å². The summed E-state index contributed by atoms with van der Waals surface area (Å²) in [6, 6.07) is 6.42. The molecular formula is C19H22N6O3. The second-order valence-corrected chi connectivity index (χ2v) is 6.57. The number of aryl methyl sites for hydroxylation is 2. The third-order valence-electron chi connectivity index (χ3n) is 4.55. The number of carbonyl (C=O) groups excluding carboxylic acids is 2. The van der Waals surface area contributed by atoms with E-state index in [1.165, 1.54) is 17.3 Å². The molecule has 1 aromatic carbocycles. The summed E-state index contributed by atoms with van der Waals surface area (Å²) in [5.74, 6) is -0.130. The van der Waals surface area contributed by atoms with Crippen LogP contribution in [0.25, 0.3) is 0 Å². The molecule has 28 heavy (non-hydrogen) atoms. The first-order chi connectivity index (χ1) is 13.4. The van der Waals surface area contributed by atoms with Crippen molar-refractivity contribution in [3.8, 4) is 0 Å². The Bertz CT molecular complexity index is 943. The Morgan fingerprint density at radius 3 is 2.14 bits per heavy atom. The Labute approximate surface area is 162 Å². The maximum absolute atomic E-state index is 12.5. The summed E-state index contributed by atoms with van der Waals surface area (Å²) < 4.78 is 6.61. The molecule has 0 aliphatic rings. The zero-order chi connectivity index (χ0) is 20.3. The summed E-state index contributed by atoms with van der Waals surface area (Å²) in [7, 11) is 0. The zero-order valence-electron chi connectivity index (χ0n) is 16.1. The molecular weight excluding hydrogens is 360 g/mol. The van der Waals surface area contributed by atoms with Crippen molar-refractivity contribution in [2.75, 3.05) is 10.6 Å². The number of anilines is 2. The van der Waals surface area contributed by atoms with Crippen LogP contribution >= 0.6 is 0 Å². The number of nitrogens with one attached hydrogen (secondary N) is 2. The molecule has 2 atom stereocenters. The molecule has 146 valence electrons. The second-order valence-electron chi connectivity index (χ2n) is 6.57. The minimum Gasteiger partial charge on any atom is -0.361 e. The fourth-order valence-electron chi connectivity index (χ4n) is 2.91. The summed E-state index contributed by atoms with van der Waals surface area (Å²) in [4.78, 5) is 28.6. The van der Waals surface area contributed by atoms with Crippen LogP contribution in [-0.2, 0) is 9.59 Å². The van der Waals surface area contributed by atoms with E-state index in [0.717, 1.165) is 5.56 Å². The summed E-state index contributed by atoms with van der Waals surface area (Å²) >= 11 is 0. The summed E-state index contributed by atoms with van der Waals surface area (Å²) in [5, 5.41) is 13.5. The molecule has 0 saturated carbocycles. The van der Waals surface area contributed by atoms with Crippen molar-refractivity contribution in [2.45, 2.75) is 39.7 Å². The van der Waals surface area contributed by atoms with Crippen LogP contribution in [0.1, 0.15) is 42.8 Å². The molecule has 2 aromatic heterocycles. The highest BCUT2D eigenvalue weighted by Gasteiger charge is 2.23. The van der Waals surface area contributed by atoms with Crippen LogP contribution in [0.2, 0.25) is 0 Å². The maximum Gasteiger partial charge on any atom is 0.249 e. The van der Waals surface area contributed by atoms with Crippen LogP contribution in [-0.4, -0.2) is 31.7 Å². The van der Waals surface area contributed by atoms with Crippen molar-refractivity contribution in [1.29, 1.82) is 0 Å². The van der Waals surface area contributed by atoms with E-state index in [1.807, 2.05) is 13.8 Å². The van der Waals surface area contributed by atoms with E-state index in [0.29, 0.717) is 22.8 Å². The quantitative estimate of drug-likeness (QED) is 0.677. The molecule has 9 nitrogen and oxygen atoms in total. The lowest BCUT2D eigenvalue weighted by Crippen LogP contribution is -2.24. The number of nitrogens with zero attached hydrogens (tertiary/aromatic N) is 4. The van der Waals surface area contributed by atoms with Crippen LogP contribution in [0.4, 0.5) is 11.4 Å². The number of hydrogen-bond acceptors (Lipinski definition) is 6. The highest BCUT2D eigenvalue weighted by atomic mass is 16.5. The van der Waals surface area contributed by atoms with E-state index in [4.69, 9.17) is 4.52 Å². The average Bonchev–Trinajstić information content (AvgIpc) is 3.32. The van der Waals surface area contributed by atoms with Gasteiger partial charge in [-0.3, -0.25) is 9.59 Å². The smallest absolute Gasteiger partial charge is 0.249 e. The molecule has 0 bridgehead atoms. The fraction of sp³-hybridized carbons (Fsp3) is 0.316. The van der Waals surface area contributed by atoms with Gasteiger partial charge >= 0.3 is 0 Å². The Balaban J connectivity index is 1.61. The Kier molecular flexibility index (Phi) is 5.53. The fourth-order valence-corrected chi connectivity index (χ4v) is 2.91. The van der Waals surface area contributed by atoms with Gasteiger partial charge in [-0.1, -0.05) is 5.16 Å². The summed E-state index contributed by atoms with van der Waals surface area (Å²) in [5.41, 5.74) is 2.75. The first kappa shape index (κ1) is 19.3.